The lowest BCUT2D eigenvalue weighted by Crippen LogP contribution is -2.48. The highest BCUT2D eigenvalue weighted by atomic mass is 16.5. The molecule has 0 saturated carbocycles. The van der Waals surface area contributed by atoms with Crippen LogP contribution in [0, 0.1) is 6.92 Å². The fraction of sp³-hybridized carbons (Fsp3) is 0.429. The van der Waals surface area contributed by atoms with Gasteiger partial charge < -0.3 is 24.3 Å². The number of nitrogens with one attached hydrogen (secondary N) is 1. The maximum absolute atomic E-state index is 12.9. The zero-order chi connectivity index (χ0) is 19.3. The number of piperidine rings is 1. The highest BCUT2D eigenvalue weighted by Crippen LogP contribution is 2.43. The number of carbonyl (C=O) groups is 1. The summed E-state index contributed by atoms with van der Waals surface area (Å²) in [6.07, 6.45) is 2.36. The molecule has 5 rings (SSSR count). The summed E-state index contributed by atoms with van der Waals surface area (Å²) >= 11 is 0. The highest BCUT2D eigenvalue weighted by Gasteiger charge is 2.44. The molecule has 0 aliphatic carbocycles. The van der Waals surface area contributed by atoms with Gasteiger partial charge in [0.1, 0.15) is 11.4 Å². The van der Waals surface area contributed by atoms with Gasteiger partial charge in [-0.15, -0.1) is 0 Å². The number of H-pyrrole nitrogens is 1. The molecule has 4 heterocycles. The van der Waals surface area contributed by atoms with Crippen molar-refractivity contribution >= 4 is 16.8 Å². The Bertz CT molecular complexity index is 1040. The summed E-state index contributed by atoms with van der Waals surface area (Å²) in [5.74, 6) is 0.293. The zero-order valence-corrected chi connectivity index (χ0v) is 15.8. The number of nitrogens with zero attached hydrogens (tertiary/aromatic N) is 2. The molecular weight excluding hydrogens is 358 g/mol. The molecule has 1 saturated heterocycles. The topological polar surface area (TPSA) is 91.6 Å². The Kier molecular flexibility index (Phi) is 4.03. The van der Waals surface area contributed by atoms with E-state index in [1.165, 1.54) is 16.6 Å². The van der Waals surface area contributed by atoms with Crippen LogP contribution in [-0.4, -0.2) is 45.8 Å². The van der Waals surface area contributed by atoms with Crippen molar-refractivity contribution in [3.8, 4) is 0 Å². The number of aliphatic hydroxyl groups excluding tert-OH is 1. The van der Waals surface area contributed by atoms with E-state index in [0.29, 0.717) is 31.0 Å². The molecule has 28 heavy (non-hydrogen) atoms. The molecule has 1 amide bonds. The number of hydrogen-bond donors (Lipinski definition) is 2. The quantitative estimate of drug-likeness (QED) is 0.712. The van der Waals surface area contributed by atoms with Crippen LogP contribution < -0.4 is 0 Å². The molecule has 2 aliphatic heterocycles. The number of carbonyl (C=O) groups excluding carboxylic acids is 1. The maximum Gasteiger partial charge on any atom is 0.276 e. The Morgan fingerprint density at radius 2 is 2.11 bits per heavy atom. The SMILES string of the molecule is Cc1onc(C(=O)N2CCC3(CC2)OCCc2c3[nH]c3ccccc23)c1CO. The predicted molar refractivity (Wildman–Crippen MR) is 102 cm³/mol. The van der Waals surface area contributed by atoms with Crippen molar-refractivity contribution in [3.63, 3.8) is 0 Å². The number of amides is 1. The molecular formula is C21H23N3O4. The molecule has 2 aliphatic rings. The Morgan fingerprint density at radius 1 is 1.32 bits per heavy atom. The Hall–Kier alpha value is -2.64. The molecule has 1 spiro atoms. The van der Waals surface area contributed by atoms with Crippen LogP contribution in [0.3, 0.4) is 0 Å². The van der Waals surface area contributed by atoms with Crippen molar-refractivity contribution in [2.24, 2.45) is 0 Å². The van der Waals surface area contributed by atoms with Gasteiger partial charge in [0.15, 0.2) is 5.69 Å². The average Bonchev–Trinajstić information content (AvgIpc) is 3.29. The molecule has 1 fully saturated rings. The average molecular weight is 381 g/mol. The van der Waals surface area contributed by atoms with Crippen LogP contribution in [0.25, 0.3) is 10.9 Å². The molecule has 146 valence electrons. The summed E-state index contributed by atoms with van der Waals surface area (Å²) < 4.78 is 11.4. The van der Waals surface area contributed by atoms with Gasteiger partial charge in [0.2, 0.25) is 0 Å². The number of aromatic nitrogens is 2. The van der Waals surface area contributed by atoms with E-state index < -0.39 is 0 Å². The first kappa shape index (κ1) is 17.5. The Morgan fingerprint density at radius 3 is 2.89 bits per heavy atom. The third-order valence-corrected chi connectivity index (χ3v) is 6.20. The first-order chi connectivity index (χ1) is 13.6. The summed E-state index contributed by atoms with van der Waals surface area (Å²) in [4.78, 5) is 18.3. The molecule has 0 unspecified atom stereocenters. The van der Waals surface area contributed by atoms with E-state index in [2.05, 4.69) is 28.3 Å². The smallest absolute Gasteiger partial charge is 0.276 e. The molecule has 2 N–H and O–H groups in total. The number of aryl methyl sites for hydroxylation is 1. The lowest BCUT2D eigenvalue weighted by Gasteiger charge is -2.43. The van der Waals surface area contributed by atoms with E-state index >= 15 is 0 Å². The molecule has 7 nitrogen and oxygen atoms in total. The van der Waals surface area contributed by atoms with E-state index in [9.17, 15) is 9.90 Å². The molecule has 7 heteroatoms. The summed E-state index contributed by atoms with van der Waals surface area (Å²) in [7, 11) is 0. The van der Waals surface area contributed by atoms with E-state index in [1.54, 1.807) is 11.8 Å². The minimum atomic E-state index is -0.372. The van der Waals surface area contributed by atoms with E-state index in [-0.39, 0.29) is 23.8 Å². The van der Waals surface area contributed by atoms with Gasteiger partial charge in [-0.1, -0.05) is 23.4 Å². The first-order valence-corrected chi connectivity index (χ1v) is 9.72. The number of rotatable bonds is 2. The van der Waals surface area contributed by atoms with Crippen LogP contribution in [0.1, 0.15) is 45.9 Å². The zero-order valence-electron chi connectivity index (χ0n) is 15.8. The molecule has 0 atom stereocenters. The number of hydrogen-bond acceptors (Lipinski definition) is 5. The standard InChI is InChI=1S/C21H23N3O4/c1-13-16(12-25)18(23-28-13)20(26)24-9-7-21(8-10-24)19-15(6-11-27-21)14-4-2-3-5-17(14)22-19/h2-5,22,25H,6-12H2,1H3. The van der Waals surface area contributed by atoms with Gasteiger partial charge in [0, 0.05) is 24.0 Å². The van der Waals surface area contributed by atoms with Crippen LogP contribution in [-0.2, 0) is 23.4 Å². The maximum atomic E-state index is 12.9. The minimum Gasteiger partial charge on any atom is -0.391 e. The van der Waals surface area contributed by atoms with Gasteiger partial charge in [-0.3, -0.25) is 4.79 Å². The van der Waals surface area contributed by atoms with Gasteiger partial charge in [-0.25, -0.2) is 0 Å². The largest absolute Gasteiger partial charge is 0.391 e. The van der Waals surface area contributed by atoms with Crippen molar-refractivity contribution in [1.82, 2.24) is 15.0 Å². The molecule has 3 aromatic rings. The lowest BCUT2D eigenvalue weighted by atomic mass is 9.83. The fourth-order valence-corrected chi connectivity index (χ4v) is 4.63. The van der Waals surface area contributed by atoms with Gasteiger partial charge >= 0.3 is 0 Å². The van der Waals surface area contributed by atoms with Gasteiger partial charge in [-0.05, 0) is 37.8 Å². The summed E-state index contributed by atoms with van der Waals surface area (Å²) in [5.41, 5.74) is 3.96. The summed E-state index contributed by atoms with van der Waals surface area (Å²) in [6, 6.07) is 8.37. The van der Waals surface area contributed by atoms with Crippen LogP contribution in [0.2, 0.25) is 0 Å². The van der Waals surface area contributed by atoms with E-state index in [0.717, 1.165) is 24.8 Å². The van der Waals surface area contributed by atoms with Gasteiger partial charge in [0.05, 0.1) is 24.5 Å². The monoisotopic (exact) mass is 381 g/mol. The Labute approximate surface area is 162 Å². The molecule has 0 radical (unpaired) electrons. The van der Waals surface area contributed by atoms with Crippen LogP contribution in [0.15, 0.2) is 28.8 Å². The van der Waals surface area contributed by atoms with Crippen molar-refractivity contribution in [3.05, 3.63) is 52.5 Å². The fourth-order valence-electron chi connectivity index (χ4n) is 4.63. The van der Waals surface area contributed by atoms with Crippen LogP contribution in [0.4, 0.5) is 0 Å². The normalized spacial score (nSPS) is 18.6. The number of para-hydroxylation sites is 1. The second-order valence-corrected chi connectivity index (χ2v) is 7.63. The third-order valence-electron chi connectivity index (χ3n) is 6.20. The van der Waals surface area contributed by atoms with Gasteiger partial charge in [-0.2, -0.15) is 0 Å². The number of aromatic amines is 1. The second-order valence-electron chi connectivity index (χ2n) is 7.63. The minimum absolute atomic E-state index is 0.191. The van der Waals surface area contributed by atoms with Gasteiger partial charge in [0.25, 0.3) is 5.91 Å². The van der Waals surface area contributed by atoms with Crippen molar-refractivity contribution in [2.75, 3.05) is 19.7 Å². The van der Waals surface area contributed by atoms with Crippen LogP contribution >= 0.6 is 0 Å². The lowest BCUT2D eigenvalue weighted by molar-refractivity contribution is -0.0958. The molecule has 2 aromatic heterocycles. The predicted octanol–water partition coefficient (Wildman–Crippen LogP) is 2.66. The second kappa shape index (κ2) is 6.46. The third kappa shape index (κ3) is 2.50. The number of aliphatic hydroxyl groups is 1. The number of ether oxygens (including phenoxy) is 1. The van der Waals surface area contributed by atoms with E-state index in [1.807, 2.05) is 6.07 Å². The number of fused-ring (bicyclic) bond motifs is 4. The number of benzene rings is 1. The van der Waals surface area contributed by atoms with Crippen molar-refractivity contribution in [2.45, 2.75) is 38.4 Å². The summed E-state index contributed by atoms with van der Waals surface area (Å²) in [6.45, 7) is 3.29. The summed E-state index contributed by atoms with van der Waals surface area (Å²) in [5, 5.41) is 14.7. The number of likely N-dealkylation sites (tertiary alicyclic amines) is 1. The molecule has 0 bridgehead atoms. The van der Waals surface area contributed by atoms with E-state index in [4.69, 9.17) is 9.26 Å². The first-order valence-electron chi connectivity index (χ1n) is 9.72. The Balaban J connectivity index is 1.41. The van der Waals surface area contributed by atoms with Crippen molar-refractivity contribution < 1.29 is 19.2 Å². The van der Waals surface area contributed by atoms with Crippen LogP contribution in [0.5, 0.6) is 0 Å². The van der Waals surface area contributed by atoms with Crippen molar-refractivity contribution in [1.29, 1.82) is 0 Å². The highest BCUT2D eigenvalue weighted by molar-refractivity contribution is 5.94. The molecule has 1 aromatic carbocycles.